The molecular formula is C34H43FN2O6. The minimum atomic E-state index is -0.859. The summed E-state index contributed by atoms with van der Waals surface area (Å²) in [4.78, 5) is 49.9. The van der Waals surface area contributed by atoms with Crippen LogP contribution in [-0.4, -0.2) is 47.2 Å². The van der Waals surface area contributed by atoms with Gasteiger partial charge in [-0.15, -0.1) is 0 Å². The van der Waals surface area contributed by atoms with Crippen molar-refractivity contribution in [3.05, 3.63) is 64.0 Å². The predicted molar refractivity (Wildman–Crippen MR) is 161 cm³/mol. The lowest BCUT2D eigenvalue weighted by atomic mass is 9.72. The third-order valence-corrected chi connectivity index (χ3v) is 8.96. The second-order valence-electron chi connectivity index (χ2n) is 12.7. The maximum absolute atomic E-state index is 15.1. The van der Waals surface area contributed by atoms with E-state index < -0.39 is 12.0 Å². The predicted octanol–water partition coefficient (Wildman–Crippen LogP) is 5.75. The van der Waals surface area contributed by atoms with Crippen molar-refractivity contribution in [2.24, 2.45) is 11.8 Å². The highest BCUT2D eigenvalue weighted by Crippen LogP contribution is 2.43. The SMILES string of the molecule is CCC(C)=O.COCc1ccc2c(c1)CCN(C(=O)[C@H]1C[C@@H](CC(=O)O)C1)[C@H]2C(=O)Nc1cc(F)c2c(c1)CCC2(C)C. The number of benzene rings is 2. The van der Waals surface area contributed by atoms with Crippen LogP contribution in [0.3, 0.4) is 0 Å². The average molecular weight is 595 g/mol. The molecule has 2 amide bonds. The Morgan fingerprint density at radius 1 is 1.09 bits per heavy atom. The number of hydrogen-bond donors (Lipinski definition) is 2. The summed E-state index contributed by atoms with van der Waals surface area (Å²) in [6.07, 6.45) is 3.96. The molecule has 1 saturated carbocycles. The number of nitrogens with one attached hydrogen (secondary N) is 1. The molecule has 2 aliphatic carbocycles. The van der Waals surface area contributed by atoms with Crippen molar-refractivity contribution in [2.45, 2.75) is 90.7 Å². The standard InChI is InChI=1S/C30H35FN2O5.C4H8O/c1-30(2)8-6-20-14-22(15-24(31)26(20)30)32-28(36)27-23-5-4-17(16-38-3)10-19(23)7-9-33(27)29(37)21-11-18(12-21)13-25(34)35;1-3-4(2)5/h4-5,10,14-15,18,21,27H,6-9,11-13,16H2,1-3H3,(H,32,36)(H,34,35);3H2,1-2H3/t18-,21+,27-;/m1./s1. The lowest BCUT2D eigenvalue weighted by Crippen LogP contribution is -2.50. The van der Waals surface area contributed by atoms with Crippen LogP contribution >= 0.6 is 0 Å². The maximum atomic E-state index is 15.1. The van der Waals surface area contributed by atoms with E-state index in [-0.39, 0.29) is 47.1 Å². The molecular weight excluding hydrogens is 551 g/mol. The minimum absolute atomic E-state index is 0.0129. The molecule has 0 unspecified atom stereocenters. The number of ketones is 1. The monoisotopic (exact) mass is 594 g/mol. The Hall–Kier alpha value is -3.59. The van der Waals surface area contributed by atoms with E-state index in [0.717, 1.165) is 35.1 Å². The number of carbonyl (C=O) groups is 4. The number of hydrogen-bond acceptors (Lipinski definition) is 5. The van der Waals surface area contributed by atoms with Crippen LogP contribution in [0, 0.1) is 17.7 Å². The van der Waals surface area contributed by atoms with E-state index >= 15 is 4.39 Å². The smallest absolute Gasteiger partial charge is 0.303 e. The molecule has 1 aliphatic heterocycles. The number of carbonyl (C=O) groups excluding carboxylic acids is 3. The molecule has 232 valence electrons. The van der Waals surface area contributed by atoms with Crippen molar-refractivity contribution in [1.82, 2.24) is 4.90 Å². The number of nitrogens with zero attached hydrogens (tertiary/aromatic N) is 1. The Balaban J connectivity index is 0.000000782. The van der Waals surface area contributed by atoms with Gasteiger partial charge in [0.25, 0.3) is 5.91 Å². The van der Waals surface area contributed by atoms with Crippen molar-refractivity contribution in [3.63, 3.8) is 0 Å². The average Bonchev–Trinajstić information content (AvgIpc) is 3.24. The van der Waals surface area contributed by atoms with E-state index in [1.807, 2.05) is 45.0 Å². The number of amides is 2. The van der Waals surface area contributed by atoms with E-state index in [0.29, 0.717) is 50.1 Å². The Morgan fingerprint density at radius 3 is 2.42 bits per heavy atom. The van der Waals surface area contributed by atoms with Gasteiger partial charge in [0.2, 0.25) is 5.91 Å². The Labute approximate surface area is 253 Å². The number of Topliss-reactive ketones (excluding diaryl/α,β-unsaturated/α-hetero) is 1. The third kappa shape index (κ3) is 7.32. The number of rotatable bonds is 8. The fourth-order valence-corrected chi connectivity index (χ4v) is 6.52. The van der Waals surface area contributed by atoms with E-state index in [2.05, 4.69) is 5.32 Å². The van der Waals surface area contributed by atoms with Gasteiger partial charge in [0.15, 0.2) is 0 Å². The van der Waals surface area contributed by atoms with Crippen LogP contribution in [0.5, 0.6) is 0 Å². The zero-order valence-corrected chi connectivity index (χ0v) is 25.8. The molecule has 5 rings (SSSR count). The molecule has 3 aliphatic rings. The normalized spacial score (nSPS) is 21.4. The second-order valence-corrected chi connectivity index (χ2v) is 12.7. The summed E-state index contributed by atoms with van der Waals surface area (Å²) in [6, 6.07) is 8.18. The summed E-state index contributed by atoms with van der Waals surface area (Å²) < 4.78 is 20.4. The Kier molecular flexibility index (Phi) is 10.1. The van der Waals surface area contributed by atoms with Crippen LogP contribution in [0.1, 0.15) is 93.7 Å². The van der Waals surface area contributed by atoms with Crippen molar-refractivity contribution >= 4 is 29.3 Å². The summed E-state index contributed by atoms with van der Waals surface area (Å²) in [5.41, 5.74) is 4.50. The van der Waals surface area contributed by atoms with Gasteiger partial charge in [0.1, 0.15) is 17.6 Å². The summed E-state index contributed by atoms with van der Waals surface area (Å²) in [5.74, 6) is -1.73. The number of aliphatic carboxylic acids is 1. The Morgan fingerprint density at radius 2 is 1.79 bits per heavy atom. The highest BCUT2D eigenvalue weighted by Gasteiger charge is 2.43. The fraction of sp³-hybridized carbons (Fsp3) is 0.529. The minimum Gasteiger partial charge on any atom is -0.481 e. The van der Waals surface area contributed by atoms with Crippen molar-refractivity contribution < 1.29 is 33.4 Å². The molecule has 1 fully saturated rings. The first-order valence-electron chi connectivity index (χ1n) is 15.1. The second kappa shape index (κ2) is 13.4. The van der Waals surface area contributed by atoms with Gasteiger partial charge >= 0.3 is 5.97 Å². The van der Waals surface area contributed by atoms with Gasteiger partial charge in [-0.05, 0) is 90.3 Å². The number of carboxylic acid groups (broad SMARTS) is 1. The molecule has 2 N–H and O–H groups in total. The van der Waals surface area contributed by atoms with Gasteiger partial charge in [0.05, 0.1) is 6.61 Å². The van der Waals surface area contributed by atoms with Crippen LogP contribution in [0.25, 0.3) is 0 Å². The van der Waals surface area contributed by atoms with Crippen LogP contribution in [0.4, 0.5) is 10.1 Å². The molecule has 2 aromatic rings. The van der Waals surface area contributed by atoms with Crippen LogP contribution < -0.4 is 5.32 Å². The van der Waals surface area contributed by atoms with E-state index in [9.17, 15) is 19.2 Å². The molecule has 43 heavy (non-hydrogen) atoms. The van der Waals surface area contributed by atoms with Gasteiger partial charge in [-0.1, -0.05) is 39.0 Å². The molecule has 8 nitrogen and oxygen atoms in total. The quantitative estimate of drug-likeness (QED) is 0.403. The van der Waals surface area contributed by atoms with Gasteiger partial charge in [-0.2, -0.15) is 0 Å². The summed E-state index contributed by atoms with van der Waals surface area (Å²) in [5, 5.41) is 12.0. The molecule has 9 heteroatoms. The van der Waals surface area contributed by atoms with E-state index in [1.165, 1.54) is 6.07 Å². The number of anilines is 1. The van der Waals surface area contributed by atoms with Gasteiger partial charge < -0.3 is 24.9 Å². The molecule has 0 saturated heterocycles. The molecule has 2 aromatic carbocycles. The zero-order valence-electron chi connectivity index (χ0n) is 25.8. The van der Waals surface area contributed by atoms with Gasteiger partial charge in [0, 0.05) is 38.1 Å². The summed E-state index contributed by atoms with van der Waals surface area (Å²) in [7, 11) is 1.63. The highest BCUT2D eigenvalue weighted by molar-refractivity contribution is 5.99. The van der Waals surface area contributed by atoms with Crippen molar-refractivity contribution in [2.75, 3.05) is 19.0 Å². The lowest BCUT2D eigenvalue weighted by molar-refractivity contribution is -0.149. The first-order valence-corrected chi connectivity index (χ1v) is 15.1. The maximum Gasteiger partial charge on any atom is 0.303 e. The number of aryl methyl sites for hydroxylation is 1. The number of methoxy groups -OCH3 is 1. The van der Waals surface area contributed by atoms with Gasteiger partial charge in [-0.25, -0.2) is 4.39 Å². The van der Waals surface area contributed by atoms with E-state index in [4.69, 9.17) is 9.84 Å². The van der Waals surface area contributed by atoms with Crippen LogP contribution in [0.2, 0.25) is 0 Å². The number of halogens is 1. The number of ether oxygens (including phenoxy) is 1. The molecule has 0 radical (unpaired) electrons. The summed E-state index contributed by atoms with van der Waals surface area (Å²) in [6.45, 7) is 8.32. The van der Waals surface area contributed by atoms with Crippen molar-refractivity contribution in [1.29, 1.82) is 0 Å². The fourth-order valence-electron chi connectivity index (χ4n) is 6.52. The largest absolute Gasteiger partial charge is 0.481 e. The van der Waals surface area contributed by atoms with Crippen LogP contribution in [-0.2, 0) is 48.8 Å². The molecule has 0 spiro atoms. The zero-order chi connectivity index (χ0) is 31.5. The number of fused-ring (bicyclic) bond motifs is 2. The third-order valence-electron chi connectivity index (χ3n) is 8.96. The van der Waals surface area contributed by atoms with E-state index in [1.54, 1.807) is 18.9 Å². The van der Waals surface area contributed by atoms with Crippen LogP contribution in [0.15, 0.2) is 30.3 Å². The van der Waals surface area contributed by atoms with Gasteiger partial charge in [-0.3, -0.25) is 14.4 Å². The van der Waals surface area contributed by atoms with Crippen molar-refractivity contribution in [3.8, 4) is 0 Å². The first-order chi connectivity index (χ1) is 20.3. The molecule has 1 atom stereocenters. The first kappa shape index (κ1) is 32.3. The highest BCUT2D eigenvalue weighted by atomic mass is 19.1. The Bertz CT molecular complexity index is 1400. The lowest BCUT2D eigenvalue weighted by Gasteiger charge is -2.42. The molecule has 1 heterocycles. The molecule has 0 bridgehead atoms. The topological polar surface area (TPSA) is 113 Å². The number of carboxylic acids is 1. The summed E-state index contributed by atoms with van der Waals surface area (Å²) >= 11 is 0. The molecule has 0 aromatic heterocycles.